The molecule has 23 heavy (non-hydrogen) atoms. The van der Waals surface area contributed by atoms with Crippen molar-refractivity contribution in [2.45, 2.75) is 11.3 Å². The molecule has 2 aromatic rings. The number of carbonyl (C=O) groups is 1. The summed E-state index contributed by atoms with van der Waals surface area (Å²) in [6.45, 7) is 0. The number of alkyl halides is 3. The topological polar surface area (TPSA) is 64.3 Å². The molecule has 0 atom stereocenters. The van der Waals surface area contributed by atoms with Gasteiger partial charge in [0.05, 0.1) is 5.56 Å². The first-order chi connectivity index (χ1) is 10.8. The lowest BCUT2D eigenvalue weighted by molar-refractivity contribution is -0.274. The summed E-state index contributed by atoms with van der Waals surface area (Å²) in [6, 6.07) is 8.75. The van der Waals surface area contributed by atoms with Crippen molar-refractivity contribution < 1.29 is 27.1 Å². The minimum absolute atomic E-state index is 0.375. The zero-order chi connectivity index (χ0) is 17.0. The third-order valence-electron chi connectivity index (χ3n) is 2.65. The molecule has 0 aliphatic carbocycles. The molecular formula is C14H10F4N2O2S. The fraction of sp³-hybridized carbons (Fsp3) is 0.0714. The van der Waals surface area contributed by atoms with Crippen molar-refractivity contribution in [2.75, 3.05) is 5.32 Å². The molecule has 0 aliphatic heterocycles. The third kappa shape index (κ3) is 4.86. The number of carbonyl (C=O) groups excluding carboxylic acids is 1. The van der Waals surface area contributed by atoms with Gasteiger partial charge in [-0.05, 0) is 42.3 Å². The number of amides is 1. The quantitative estimate of drug-likeness (QED) is 0.650. The fourth-order valence-corrected chi connectivity index (χ4v) is 2.07. The number of halogens is 4. The molecule has 2 aromatic carbocycles. The van der Waals surface area contributed by atoms with Crippen LogP contribution in [0.4, 0.5) is 23.2 Å². The Hall–Kier alpha value is -2.26. The first-order valence-electron chi connectivity index (χ1n) is 6.12. The van der Waals surface area contributed by atoms with E-state index in [4.69, 9.17) is 5.14 Å². The number of hydrogen-bond acceptors (Lipinski definition) is 4. The summed E-state index contributed by atoms with van der Waals surface area (Å²) in [5.41, 5.74) is -0.0363. The van der Waals surface area contributed by atoms with Gasteiger partial charge in [0.1, 0.15) is 11.6 Å². The molecule has 3 N–H and O–H groups in total. The van der Waals surface area contributed by atoms with Crippen LogP contribution in [0.1, 0.15) is 10.4 Å². The van der Waals surface area contributed by atoms with Gasteiger partial charge in [0, 0.05) is 16.6 Å². The van der Waals surface area contributed by atoms with Crippen molar-refractivity contribution in [3.8, 4) is 5.75 Å². The average molecular weight is 346 g/mol. The third-order valence-corrected chi connectivity index (χ3v) is 3.17. The zero-order valence-corrected chi connectivity index (χ0v) is 12.2. The highest BCUT2D eigenvalue weighted by atomic mass is 32.2. The molecule has 122 valence electrons. The highest BCUT2D eigenvalue weighted by molar-refractivity contribution is 7.97. The number of anilines is 1. The van der Waals surface area contributed by atoms with E-state index in [1.165, 1.54) is 0 Å². The largest absolute Gasteiger partial charge is 0.573 e. The van der Waals surface area contributed by atoms with E-state index in [2.05, 4.69) is 10.1 Å². The van der Waals surface area contributed by atoms with Crippen LogP contribution in [-0.4, -0.2) is 12.3 Å². The van der Waals surface area contributed by atoms with Gasteiger partial charge in [-0.1, -0.05) is 6.07 Å². The minimum atomic E-state index is -4.93. The second kappa shape index (κ2) is 6.88. The van der Waals surface area contributed by atoms with Crippen LogP contribution in [0, 0.1) is 5.82 Å². The van der Waals surface area contributed by atoms with E-state index in [0.29, 0.717) is 16.6 Å². The summed E-state index contributed by atoms with van der Waals surface area (Å²) in [7, 11) is 0. The molecule has 0 radical (unpaired) electrons. The Balaban J connectivity index is 2.16. The molecule has 9 heteroatoms. The molecule has 0 saturated carbocycles. The van der Waals surface area contributed by atoms with Crippen molar-refractivity contribution in [2.24, 2.45) is 5.14 Å². The summed E-state index contributed by atoms with van der Waals surface area (Å²) >= 11 is 0.968. The van der Waals surface area contributed by atoms with Gasteiger partial charge >= 0.3 is 6.36 Å². The first-order valence-corrected chi connectivity index (χ1v) is 7.00. The van der Waals surface area contributed by atoms with E-state index in [1.807, 2.05) is 0 Å². The van der Waals surface area contributed by atoms with Crippen LogP contribution < -0.4 is 15.2 Å². The maximum Gasteiger partial charge on any atom is 0.573 e. The van der Waals surface area contributed by atoms with Gasteiger partial charge in [0.25, 0.3) is 5.91 Å². The average Bonchev–Trinajstić information content (AvgIpc) is 2.45. The molecule has 2 rings (SSSR count). The van der Waals surface area contributed by atoms with E-state index < -0.39 is 29.4 Å². The number of nitrogens with two attached hydrogens (primary N) is 1. The molecule has 0 fully saturated rings. The zero-order valence-electron chi connectivity index (χ0n) is 11.4. The molecule has 0 heterocycles. The van der Waals surface area contributed by atoms with Crippen LogP contribution in [0.15, 0.2) is 47.4 Å². The second-order valence-electron chi connectivity index (χ2n) is 4.29. The Kier molecular flexibility index (Phi) is 5.12. The van der Waals surface area contributed by atoms with Crippen molar-refractivity contribution >= 4 is 23.5 Å². The minimum Gasteiger partial charge on any atom is -0.406 e. The van der Waals surface area contributed by atoms with Crippen LogP contribution in [0.3, 0.4) is 0 Å². The van der Waals surface area contributed by atoms with Crippen molar-refractivity contribution in [3.63, 3.8) is 0 Å². The number of benzene rings is 2. The Labute approximate surface area is 132 Å². The number of rotatable bonds is 4. The molecule has 0 bridgehead atoms. The van der Waals surface area contributed by atoms with Gasteiger partial charge in [-0.15, -0.1) is 13.2 Å². The van der Waals surface area contributed by atoms with Crippen molar-refractivity contribution in [3.05, 3.63) is 53.8 Å². The maximum atomic E-state index is 13.8. The van der Waals surface area contributed by atoms with E-state index in [1.54, 1.807) is 24.3 Å². The van der Waals surface area contributed by atoms with Gasteiger partial charge in [-0.3, -0.25) is 9.93 Å². The molecule has 0 aliphatic rings. The fourth-order valence-electron chi connectivity index (χ4n) is 1.72. The van der Waals surface area contributed by atoms with Crippen LogP contribution in [0.5, 0.6) is 5.75 Å². The Morgan fingerprint density at radius 1 is 1.17 bits per heavy atom. The molecule has 0 unspecified atom stereocenters. The van der Waals surface area contributed by atoms with Gasteiger partial charge < -0.3 is 10.1 Å². The second-order valence-corrected chi connectivity index (χ2v) is 5.00. The SMILES string of the molecule is NSc1cccc(NC(=O)c2ccc(OC(F)(F)F)cc2F)c1. The van der Waals surface area contributed by atoms with Gasteiger partial charge in [-0.25, -0.2) is 4.39 Å². The van der Waals surface area contributed by atoms with Crippen LogP contribution >= 0.6 is 11.9 Å². The first kappa shape index (κ1) is 17.1. The lowest BCUT2D eigenvalue weighted by Gasteiger charge is -2.11. The summed E-state index contributed by atoms with van der Waals surface area (Å²) in [4.78, 5) is 12.7. The lowest BCUT2D eigenvalue weighted by atomic mass is 10.2. The number of ether oxygens (including phenoxy) is 1. The smallest absolute Gasteiger partial charge is 0.406 e. The molecule has 0 spiro atoms. The Bertz CT molecular complexity index is 722. The number of hydrogen-bond donors (Lipinski definition) is 2. The monoisotopic (exact) mass is 346 g/mol. The van der Waals surface area contributed by atoms with Crippen molar-refractivity contribution in [1.82, 2.24) is 0 Å². The molecule has 1 amide bonds. The van der Waals surface area contributed by atoms with Gasteiger partial charge in [-0.2, -0.15) is 0 Å². The Morgan fingerprint density at radius 2 is 1.91 bits per heavy atom. The summed E-state index contributed by atoms with van der Waals surface area (Å²) < 4.78 is 53.5. The lowest BCUT2D eigenvalue weighted by Crippen LogP contribution is -2.18. The predicted octanol–water partition coefficient (Wildman–Crippen LogP) is 3.94. The summed E-state index contributed by atoms with van der Waals surface area (Å²) in [5, 5.41) is 7.82. The number of nitrogens with one attached hydrogen (secondary N) is 1. The van der Waals surface area contributed by atoms with Crippen LogP contribution in [0.2, 0.25) is 0 Å². The normalized spacial score (nSPS) is 11.2. The van der Waals surface area contributed by atoms with Crippen LogP contribution in [0.25, 0.3) is 0 Å². The van der Waals surface area contributed by atoms with Gasteiger partial charge in [0.2, 0.25) is 0 Å². The van der Waals surface area contributed by atoms with Gasteiger partial charge in [0.15, 0.2) is 0 Å². The maximum absolute atomic E-state index is 13.8. The van der Waals surface area contributed by atoms with Crippen molar-refractivity contribution in [1.29, 1.82) is 0 Å². The standard InChI is InChI=1S/C14H10F4N2O2S/c15-12-7-9(22-14(16,17)18)4-5-11(12)13(21)20-8-2-1-3-10(6-8)23-19/h1-7H,19H2,(H,20,21). The van der Waals surface area contributed by atoms with E-state index in [0.717, 1.165) is 24.1 Å². The van der Waals surface area contributed by atoms with Crippen LogP contribution in [-0.2, 0) is 0 Å². The molecular weight excluding hydrogens is 336 g/mol. The Morgan fingerprint density at radius 3 is 2.52 bits per heavy atom. The summed E-state index contributed by atoms with van der Waals surface area (Å²) in [6.07, 6.45) is -4.93. The van der Waals surface area contributed by atoms with E-state index in [-0.39, 0.29) is 0 Å². The van der Waals surface area contributed by atoms with E-state index in [9.17, 15) is 22.4 Å². The molecule has 0 aromatic heterocycles. The predicted molar refractivity (Wildman–Crippen MR) is 77.5 cm³/mol. The highest BCUT2D eigenvalue weighted by Gasteiger charge is 2.31. The molecule has 4 nitrogen and oxygen atoms in total. The summed E-state index contributed by atoms with van der Waals surface area (Å²) in [5.74, 6) is -2.68. The highest BCUT2D eigenvalue weighted by Crippen LogP contribution is 2.25. The molecule has 0 saturated heterocycles. The van der Waals surface area contributed by atoms with E-state index >= 15 is 0 Å².